The summed E-state index contributed by atoms with van der Waals surface area (Å²) in [4.78, 5) is 20.5. The molecule has 0 bridgehead atoms. The smallest absolute Gasteiger partial charge is 0.309 e. The van der Waals surface area contributed by atoms with Gasteiger partial charge in [-0.15, -0.1) is 0 Å². The van der Waals surface area contributed by atoms with Gasteiger partial charge in [0.15, 0.2) is 0 Å². The highest BCUT2D eigenvalue weighted by molar-refractivity contribution is 5.74. The van der Waals surface area contributed by atoms with Crippen LogP contribution in [0.5, 0.6) is 0 Å². The van der Waals surface area contributed by atoms with E-state index in [4.69, 9.17) is 10.2 Å². The third-order valence-electron chi connectivity index (χ3n) is 2.56. The molecule has 0 saturated carbocycles. The molecule has 1 aromatic rings. The largest absolute Gasteiger partial charge is 0.481 e. The Morgan fingerprint density at radius 3 is 1.84 bits per heavy atom. The zero-order valence-corrected chi connectivity index (χ0v) is 11.9. The molecule has 4 nitrogen and oxygen atoms in total. The van der Waals surface area contributed by atoms with Gasteiger partial charge in [-0.1, -0.05) is 44.2 Å². The molecule has 0 unspecified atom stereocenters. The van der Waals surface area contributed by atoms with Crippen LogP contribution in [0.4, 0.5) is 0 Å². The van der Waals surface area contributed by atoms with Crippen LogP contribution in [0.3, 0.4) is 0 Å². The van der Waals surface area contributed by atoms with Gasteiger partial charge in [-0.3, -0.25) is 9.59 Å². The van der Waals surface area contributed by atoms with Gasteiger partial charge in [-0.2, -0.15) is 0 Å². The van der Waals surface area contributed by atoms with E-state index in [1.165, 1.54) is 0 Å². The van der Waals surface area contributed by atoms with Crippen molar-refractivity contribution < 1.29 is 19.8 Å². The first kappa shape index (κ1) is 17.2. The molecule has 0 amide bonds. The molecule has 1 rings (SSSR count). The Hall–Kier alpha value is -1.84. The number of aliphatic carboxylic acids is 2. The molecule has 0 aliphatic heterocycles. The van der Waals surface area contributed by atoms with Gasteiger partial charge in [0, 0.05) is 0 Å². The molecule has 4 heteroatoms. The van der Waals surface area contributed by atoms with Crippen molar-refractivity contribution in [3.8, 4) is 0 Å². The molecule has 106 valence electrons. The molecular weight excluding hydrogens is 244 g/mol. The van der Waals surface area contributed by atoms with Gasteiger partial charge in [-0.05, 0) is 25.8 Å². The summed E-state index contributed by atoms with van der Waals surface area (Å²) >= 11 is 0. The second-order valence-corrected chi connectivity index (χ2v) is 5.34. The van der Waals surface area contributed by atoms with Crippen LogP contribution in [-0.4, -0.2) is 22.2 Å². The monoisotopic (exact) mass is 266 g/mol. The maximum atomic E-state index is 10.8. The van der Waals surface area contributed by atoms with E-state index in [2.05, 4.69) is 0 Å². The predicted octanol–water partition coefficient (Wildman–Crippen LogP) is 3.07. The Bertz CT molecular complexity index is 407. The predicted molar refractivity (Wildman–Crippen MR) is 74.0 cm³/mol. The Morgan fingerprint density at radius 2 is 1.53 bits per heavy atom. The first-order chi connectivity index (χ1) is 8.66. The summed E-state index contributed by atoms with van der Waals surface area (Å²) in [6, 6.07) is 9.67. The van der Waals surface area contributed by atoms with Crippen LogP contribution in [0.1, 0.15) is 33.3 Å². The minimum atomic E-state index is -0.753. The normalized spacial score (nSPS) is 10.6. The van der Waals surface area contributed by atoms with Crippen molar-refractivity contribution in [3.63, 3.8) is 0 Å². The molecule has 0 heterocycles. The van der Waals surface area contributed by atoms with Gasteiger partial charge in [-0.25, -0.2) is 0 Å². The average molecular weight is 266 g/mol. The number of carbonyl (C=O) groups is 2. The highest BCUT2D eigenvalue weighted by Gasteiger charge is 2.26. The summed E-state index contributed by atoms with van der Waals surface area (Å²) in [7, 11) is 0. The molecule has 2 N–H and O–H groups in total. The number of benzene rings is 1. The van der Waals surface area contributed by atoms with Crippen LogP contribution in [0.25, 0.3) is 0 Å². The number of hydrogen-bond acceptors (Lipinski definition) is 2. The van der Waals surface area contributed by atoms with Crippen molar-refractivity contribution in [2.24, 2.45) is 11.3 Å². The van der Waals surface area contributed by atoms with Crippen LogP contribution >= 0.6 is 0 Å². The Labute approximate surface area is 114 Å². The summed E-state index contributed by atoms with van der Waals surface area (Å²) < 4.78 is 0. The lowest BCUT2D eigenvalue weighted by Gasteiger charge is -2.18. The summed E-state index contributed by atoms with van der Waals surface area (Å²) in [6.07, 6.45) is 0.573. The van der Waals surface area contributed by atoms with Crippen molar-refractivity contribution in [2.45, 2.75) is 34.1 Å². The summed E-state index contributed by atoms with van der Waals surface area (Å²) in [5, 5.41) is 16.9. The molecule has 0 fully saturated rings. The van der Waals surface area contributed by atoms with E-state index in [0.29, 0.717) is 6.42 Å². The summed E-state index contributed by atoms with van der Waals surface area (Å²) in [6.45, 7) is 6.76. The van der Waals surface area contributed by atoms with Gasteiger partial charge < -0.3 is 10.2 Å². The van der Waals surface area contributed by atoms with Crippen LogP contribution < -0.4 is 0 Å². The fraction of sp³-hybridized carbons (Fsp3) is 0.467. The molecule has 0 aromatic heterocycles. The quantitative estimate of drug-likeness (QED) is 0.878. The Kier molecular flexibility index (Phi) is 6.83. The molecule has 19 heavy (non-hydrogen) atoms. The fourth-order valence-electron chi connectivity index (χ4n) is 1.18. The molecule has 0 spiro atoms. The molecule has 0 aliphatic rings. The molecule has 0 aliphatic carbocycles. The number of rotatable bonds is 4. The lowest BCUT2D eigenvalue weighted by molar-refractivity contribution is -0.146. The maximum absolute atomic E-state index is 10.8. The Morgan fingerprint density at radius 1 is 1.11 bits per heavy atom. The van der Waals surface area contributed by atoms with Crippen molar-refractivity contribution in [1.82, 2.24) is 0 Å². The first-order valence-electron chi connectivity index (χ1n) is 6.17. The summed E-state index contributed by atoms with van der Waals surface area (Å²) in [5.74, 6) is -1.73. The van der Waals surface area contributed by atoms with E-state index in [0.717, 1.165) is 5.56 Å². The zero-order chi connectivity index (χ0) is 15.1. The topological polar surface area (TPSA) is 74.6 Å². The van der Waals surface area contributed by atoms with Gasteiger partial charge in [0.2, 0.25) is 0 Å². The third kappa shape index (κ3) is 7.24. The van der Waals surface area contributed by atoms with E-state index in [1.54, 1.807) is 27.7 Å². The van der Waals surface area contributed by atoms with E-state index in [9.17, 15) is 9.59 Å². The van der Waals surface area contributed by atoms with Crippen LogP contribution in [0.15, 0.2) is 30.3 Å². The van der Waals surface area contributed by atoms with Crippen LogP contribution in [0, 0.1) is 11.3 Å². The molecule has 0 radical (unpaired) electrons. The van der Waals surface area contributed by atoms with Gasteiger partial charge in [0.1, 0.15) is 0 Å². The lowest BCUT2D eigenvalue weighted by atomic mass is 9.86. The molecule has 1 aromatic carbocycles. The van der Waals surface area contributed by atoms with Crippen LogP contribution in [-0.2, 0) is 16.0 Å². The fourth-order valence-corrected chi connectivity index (χ4v) is 1.18. The van der Waals surface area contributed by atoms with Crippen LogP contribution in [0.2, 0.25) is 0 Å². The number of hydrogen-bond donors (Lipinski definition) is 2. The van der Waals surface area contributed by atoms with E-state index >= 15 is 0 Å². The highest BCUT2D eigenvalue weighted by atomic mass is 16.4. The van der Waals surface area contributed by atoms with Crippen molar-refractivity contribution in [1.29, 1.82) is 0 Å². The van der Waals surface area contributed by atoms with Crippen molar-refractivity contribution in [2.75, 3.05) is 0 Å². The SMILES string of the molecule is CC(C)(Cc1ccccc1)C(=O)O.CC(C)C(=O)O. The van der Waals surface area contributed by atoms with E-state index in [1.807, 2.05) is 30.3 Å². The molecule has 0 saturated heterocycles. The standard InChI is InChI=1S/C11H14O2.C4H8O2/c1-11(2,10(12)13)8-9-6-4-3-5-7-9;1-3(2)4(5)6/h3-7H,8H2,1-2H3,(H,12,13);3H,1-2H3,(H,5,6). The highest BCUT2D eigenvalue weighted by Crippen LogP contribution is 2.21. The van der Waals surface area contributed by atoms with Gasteiger partial charge in [0.05, 0.1) is 11.3 Å². The maximum Gasteiger partial charge on any atom is 0.309 e. The van der Waals surface area contributed by atoms with Gasteiger partial charge in [0.25, 0.3) is 0 Å². The average Bonchev–Trinajstić information content (AvgIpc) is 2.30. The van der Waals surface area contributed by atoms with Crippen molar-refractivity contribution in [3.05, 3.63) is 35.9 Å². The second kappa shape index (κ2) is 7.56. The second-order valence-electron chi connectivity index (χ2n) is 5.34. The zero-order valence-electron chi connectivity index (χ0n) is 11.9. The Balaban J connectivity index is 0.000000459. The lowest BCUT2D eigenvalue weighted by Crippen LogP contribution is -2.26. The van der Waals surface area contributed by atoms with E-state index < -0.39 is 17.4 Å². The molecular formula is C15H22O4. The van der Waals surface area contributed by atoms with E-state index in [-0.39, 0.29) is 5.92 Å². The third-order valence-corrected chi connectivity index (χ3v) is 2.56. The summed E-state index contributed by atoms with van der Waals surface area (Å²) in [5.41, 5.74) is 0.386. The minimum absolute atomic E-state index is 0.231. The minimum Gasteiger partial charge on any atom is -0.481 e. The number of carboxylic acid groups (broad SMARTS) is 2. The number of carboxylic acids is 2. The first-order valence-corrected chi connectivity index (χ1v) is 6.17. The molecule has 0 atom stereocenters. The van der Waals surface area contributed by atoms with Gasteiger partial charge >= 0.3 is 11.9 Å². The van der Waals surface area contributed by atoms with Crippen molar-refractivity contribution >= 4 is 11.9 Å².